The molecule has 0 saturated carbocycles. The summed E-state index contributed by atoms with van der Waals surface area (Å²) in [6.45, 7) is 2.15. The van der Waals surface area contributed by atoms with E-state index in [2.05, 4.69) is 5.32 Å². The average Bonchev–Trinajstić information content (AvgIpc) is 2.08. The highest BCUT2D eigenvalue weighted by atomic mass is 16.3. The zero-order valence-electron chi connectivity index (χ0n) is 7.71. The van der Waals surface area contributed by atoms with Gasteiger partial charge in [0.15, 0.2) is 0 Å². The van der Waals surface area contributed by atoms with Gasteiger partial charge in [-0.1, -0.05) is 6.07 Å². The van der Waals surface area contributed by atoms with Crippen LogP contribution < -0.4 is 5.32 Å². The van der Waals surface area contributed by atoms with Crippen molar-refractivity contribution in [1.82, 2.24) is 5.32 Å². The first-order valence-electron chi connectivity index (χ1n) is 4.88. The second-order valence-electron chi connectivity index (χ2n) is 3.56. The first-order chi connectivity index (χ1) is 6.36. The molecule has 0 unspecified atom stereocenters. The number of hydrogen-bond acceptors (Lipinski definition) is 2. The topological polar surface area (TPSA) is 32.3 Å². The number of aryl methyl sites for hydroxylation is 1. The molecule has 0 fully saturated rings. The fourth-order valence-corrected chi connectivity index (χ4v) is 1.84. The monoisotopic (exact) mass is 177 g/mol. The van der Waals surface area contributed by atoms with E-state index in [9.17, 15) is 5.11 Å². The van der Waals surface area contributed by atoms with Crippen LogP contribution in [0.2, 0.25) is 0 Å². The maximum atomic E-state index is 9.33. The van der Waals surface area contributed by atoms with E-state index in [1.807, 2.05) is 12.1 Å². The normalized spacial score (nSPS) is 17.2. The Morgan fingerprint density at radius 2 is 2.00 bits per heavy atom. The minimum atomic E-state index is 0.396. The molecule has 0 aromatic heterocycles. The zero-order valence-corrected chi connectivity index (χ0v) is 7.71. The van der Waals surface area contributed by atoms with E-state index in [-0.39, 0.29) is 0 Å². The summed E-state index contributed by atoms with van der Waals surface area (Å²) in [5, 5.41) is 12.7. The Labute approximate surface area is 78.6 Å². The number of aromatic hydroxyl groups is 1. The van der Waals surface area contributed by atoms with Crippen LogP contribution in [0.15, 0.2) is 18.2 Å². The van der Waals surface area contributed by atoms with Gasteiger partial charge in [0.25, 0.3) is 0 Å². The number of benzene rings is 1. The van der Waals surface area contributed by atoms with E-state index >= 15 is 0 Å². The highest BCUT2D eigenvalue weighted by Gasteiger charge is 2.06. The first kappa shape index (κ1) is 8.57. The van der Waals surface area contributed by atoms with Crippen LogP contribution in [0.4, 0.5) is 0 Å². The van der Waals surface area contributed by atoms with Gasteiger partial charge in [-0.2, -0.15) is 0 Å². The van der Waals surface area contributed by atoms with Crippen LogP contribution in [0, 0.1) is 0 Å². The molecule has 0 radical (unpaired) electrons. The molecule has 1 aromatic carbocycles. The average molecular weight is 177 g/mol. The van der Waals surface area contributed by atoms with Gasteiger partial charge < -0.3 is 10.4 Å². The van der Waals surface area contributed by atoms with E-state index in [0.29, 0.717) is 5.75 Å². The second-order valence-corrected chi connectivity index (χ2v) is 3.56. The highest BCUT2D eigenvalue weighted by molar-refractivity contribution is 5.35. The minimum Gasteiger partial charge on any atom is -0.508 e. The van der Waals surface area contributed by atoms with Crippen molar-refractivity contribution < 1.29 is 5.11 Å². The highest BCUT2D eigenvalue weighted by Crippen LogP contribution is 2.19. The lowest BCUT2D eigenvalue weighted by Crippen LogP contribution is -2.21. The van der Waals surface area contributed by atoms with Crippen molar-refractivity contribution in [3.05, 3.63) is 29.3 Å². The Morgan fingerprint density at radius 3 is 2.92 bits per heavy atom. The van der Waals surface area contributed by atoms with E-state index in [1.165, 1.54) is 11.1 Å². The van der Waals surface area contributed by atoms with Crippen LogP contribution in [-0.4, -0.2) is 18.2 Å². The molecule has 0 atom stereocenters. The van der Waals surface area contributed by atoms with Gasteiger partial charge in [0.05, 0.1) is 0 Å². The lowest BCUT2D eigenvalue weighted by molar-refractivity contribution is 0.473. The molecule has 0 aliphatic carbocycles. The molecule has 1 aliphatic rings. The molecule has 0 amide bonds. The third-order valence-electron chi connectivity index (χ3n) is 2.56. The molecule has 0 bridgehead atoms. The lowest BCUT2D eigenvalue weighted by atomic mass is 9.98. The Hall–Kier alpha value is -1.02. The third kappa shape index (κ3) is 2.01. The van der Waals surface area contributed by atoms with Crippen LogP contribution in [0.1, 0.15) is 17.5 Å². The van der Waals surface area contributed by atoms with Crippen molar-refractivity contribution in [2.24, 2.45) is 0 Å². The first-order valence-corrected chi connectivity index (χ1v) is 4.88. The molecule has 1 aromatic rings. The van der Waals surface area contributed by atoms with Gasteiger partial charge in [0.2, 0.25) is 0 Å². The van der Waals surface area contributed by atoms with E-state index < -0.39 is 0 Å². The fraction of sp³-hybridized carbons (Fsp3) is 0.455. The quantitative estimate of drug-likeness (QED) is 0.629. The summed E-state index contributed by atoms with van der Waals surface area (Å²) >= 11 is 0. The van der Waals surface area contributed by atoms with Gasteiger partial charge >= 0.3 is 0 Å². The maximum Gasteiger partial charge on any atom is 0.115 e. The van der Waals surface area contributed by atoms with E-state index in [4.69, 9.17) is 0 Å². The van der Waals surface area contributed by atoms with Crippen molar-refractivity contribution in [3.8, 4) is 5.75 Å². The molecule has 1 aliphatic heterocycles. The molecule has 2 heteroatoms. The molecule has 2 rings (SSSR count). The fourth-order valence-electron chi connectivity index (χ4n) is 1.84. The predicted octanol–water partition coefficient (Wildman–Crippen LogP) is 1.47. The molecular formula is C11H15NO. The summed E-state index contributed by atoms with van der Waals surface area (Å²) in [6.07, 6.45) is 3.32. The Bertz CT molecular complexity index is 296. The smallest absolute Gasteiger partial charge is 0.115 e. The van der Waals surface area contributed by atoms with Crippen LogP contribution in [0.25, 0.3) is 0 Å². The van der Waals surface area contributed by atoms with Crippen LogP contribution in [0.5, 0.6) is 5.75 Å². The van der Waals surface area contributed by atoms with Gasteiger partial charge in [-0.05, 0) is 55.6 Å². The molecule has 13 heavy (non-hydrogen) atoms. The Balaban J connectivity index is 2.28. The van der Waals surface area contributed by atoms with Crippen LogP contribution >= 0.6 is 0 Å². The molecule has 2 nitrogen and oxygen atoms in total. The van der Waals surface area contributed by atoms with Gasteiger partial charge in [0, 0.05) is 0 Å². The van der Waals surface area contributed by atoms with Crippen LogP contribution in [-0.2, 0) is 12.8 Å². The van der Waals surface area contributed by atoms with Crippen molar-refractivity contribution in [1.29, 1.82) is 0 Å². The number of phenolic OH excluding ortho intramolecular Hbond substituents is 1. The van der Waals surface area contributed by atoms with Gasteiger partial charge in [-0.25, -0.2) is 0 Å². The minimum absolute atomic E-state index is 0.396. The molecule has 70 valence electrons. The number of rotatable bonds is 0. The molecule has 1 heterocycles. The number of nitrogens with one attached hydrogen (secondary N) is 1. The van der Waals surface area contributed by atoms with E-state index in [0.717, 1.165) is 32.4 Å². The zero-order chi connectivity index (χ0) is 9.10. The summed E-state index contributed by atoms with van der Waals surface area (Å²) in [4.78, 5) is 0. The van der Waals surface area contributed by atoms with Crippen molar-refractivity contribution in [2.45, 2.75) is 19.3 Å². The summed E-state index contributed by atoms with van der Waals surface area (Å²) in [5.74, 6) is 0.396. The molecule has 2 N–H and O–H groups in total. The van der Waals surface area contributed by atoms with E-state index in [1.54, 1.807) is 6.07 Å². The summed E-state index contributed by atoms with van der Waals surface area (Å²) in [7, 11) is 0. The lowest BCUT2D eigenvalue weighted by Gasteiger charge is -2.14. The van der Waals surface area contributed by atoms with Gasteiger partial charge in [-0.3, -0.25) is 0 Å². The van der Waals surface area contributed by atoms with Crippen LogP contribution in [0.3, 0.4) is 0 Å². The largest absolute Gasteiger partial charge is 0.508 e. The van der Waals surface area contributed by atoms with Crippen molar-refractivity contribution in [3.63, 3.8) is 0 Å². The Kier molecular flexibility index (Phi) is 2.50. The second kappa shape index (κ2) is 3.79. The summed E-state index contributed by atoms with van der Waals surface area (Å²) < 4.78 is 0. The molecule has 0 saturated heterocycles. The number of hydrogen-bond donors (Lipinski definition) is 2. The molecular weight excluding hydrogens is 162 g/mol. The number of phenols is 1. The SMILES string of the molecule is Oc1ccc2c(c1)CCCNCC2. The predicted molar refractivity (Wildman–Crippen MR) is 53.0 cm³/mol. The number of fused-ring (bicyclic) bond motifs is 1. The maximum absolute atomic E-state index is 9.33. The third-order valence-corrected chi connectivity index (χ3v) is 2.56. The van der Waals surface area contributed by atoms with Gasteiger partial charge in [-0.15, -0.1) is 0 Å². The van der Waals surface area contributed by atoms with Gasteiger partial charge in [0.1, 0.15) is 5.75 Å². The summed E-state index contributed by atoms with van der Waals surface area (Å²) in [5.41, 5.74) is 2.70. The standard InChI is InChI=1S/C11H15NO/c13-11-4-3-9-5-7-12-6-1-2-10(9)8-11/h3-4,8,12-13H,1-2,5-7H2. The van der Waals surface area contributed by atoms with Crippen molar-refractivity contribution in [2.75, 3.05) is 13.1 Å². The Morgan fingerprint density at radius 1 is 1.08 bits per heavy atom. The molecule has 0 spiro atoms. The van der Waals surface area contributed by atoms with Crippen molar-refractivity contribution >= 4 is 0 Å². The summed E-state index contributed by atoms with van der Waals surface area (Å²) in [6, 6.07) is 5.72.